The molecule has 0 unspecified atom stereocenters. The van der Waals surface area contributed by atoms with E-state index in [0.717, 1.165) is 84.6 Å². The first kappa shape index (κ1) is 55.2. The number of anilines is 9. The lowest BCUT2D eigenvalue weighted by Gasteiger charge is -2.33. The van der Waals surface area contributed by atoms with Crippen molar-refractivity contribution < 1.29 is 15.3 Å². The van der Waals surface area contributed by atoms with Crippen LogP contribution in [0.3, 0.4) is 0 Å². The zero-order valence-electron chi connectivity index (χ0n) is 47.8. The second-order valence-corrected chi connectivity index (χ2v) is 21.8. The van der Waals surface area contributed by atoms with Gasteiger partial charge in [-0.1, -0.05) is 109 Å². The molecule has 10 heteroatoms. The van der Waals surface area contributed by atoms with Crippen LogP contribution >= 0.6 is 0 Å². The van der Waals surface area contributed by atoms with Gasteiger partial charge >= 0.3 is 0 Å². The maximum absolute atomic E-state index is 13.2. The minimum absolute atomic E-state index is 0.702. The van der Waals surface area contributed by atoms with E-state index in [4.69, 9.17) is 0 Å². The van der Waals surface area contributed by atoms with Gasteiger partial charge in [-0.25, -0.2) is 0 Å². The molecule has 0 amide bonds. The molecule has 0 atom stereocenters. The highest BCUT2D eigenvalue weighted by atomic mass is 16.3. The SMILES string of the molecule is CN(C)c1ccc(C(O)(c2ccc(N(C)C)cc2)c2ccc(N(c3ccc(C(O)(c4ccc(N(C)C)cc4)c4ccc(N(C)C)cc4)cc3)c3ccc(C(O)(c4ccc(N(C)C)cc4)c4ccc(N(C)C)cc4)cc3)cc2)cc1. The Kier molecular flexibility index (Phi) is 15.7. The number of hydrogen-bond donors (Lipinski definition) is 3. The van der Waals surface area contributed by atoms with E-state index in [1.54, 1.807) is 0 Å². The van der Waals surface area contributed by atoms with Crippen LogP contribution in [0.2, 0.25) is 0 Å². The first-order valence-electron chi connectivity index (χ1n) is 26.7. The molecule has 0 aromatic heterocycles. The lowest BCUT2D eigenvalue weighted by atomic mass is 9.79. The number of aliphatic hydroxyl groups is 3. The van der Waals surface area contributed by atoms with Crippen LogP contribution in [0.15, 0.2) is 218 Å². The van der Waals surface area contributed by atoms with Gasteiger partial charge in [-0.2, -0.15) is 0 Å². The molecular formula is C69H75N7O3. The topological polar surface area (TPSA) is 83.4 Å². The van der Waals surface area contributed by atoms with Gasteiger partial charge in [0, 0.05) is 136 Å². The van der Waals surface area contributed by atoms with Crippen LogP contribution in [0.1, 0.15) is 50.1 Å². The van der Waals surface area contributed by atoms with Gasteiger partial charge in [-0.05, 0) is 159 Å². The van der Waals surface area contributed by atoms with E-state index < -0.39 is 16.8 Å². The van der Waals surface area contributed by atoms with Crippen molar-refractivity contribution in [1.82, 2.24) is 0 Å². The fourth-order valence-corrected chi connectivity index (χ4v) is 10.5. The normalized spacial score (nSPS) is 11.7. The molecule has 0 aliphatic heterocycles. The average molecular weight is 1050 g/mol. The number of rotatable bonds is 18. The van der Waals surface area contributed by atoms with E-state index in [0.29, 0.717) is 16.7 Å². The van der Waals surface area contributed by atoms with Crippen molar-refractivity contribution in [2.75, 3.05) is 119 Å². The summed E-state index contributed by atoms with van der Waals surface area (Å²) in [6.45, 7) is 0. The van der Waals surface area contributed by atoms with E-state index in [1.165, 1.54) is 0 Å². The predicted octanol–water partition coefficient (Wildman–Crippen LogP) is 12.4. The van der Waals surface area contributed by atoms with Gasteiger partial charge in [-0.15, -0.1) is 0 Å². The Morgan fingerprint density at radius 2 is 0.278 bits per heavy atom. The van der Waals surface area contributed by atoms with Crippen molar-refractivity contribution >= 4 is 51.2 Å². The van der Waals surface area contributed by atoms with Crippen LogP contribution < -0.4 is 34.3 Å². The number of nitrogens with zero attached hydrogens (tertiary/aromatic N) is 7. The Labute approximate surface area is 468 Å². The van der Waals surface area contributed by atoms with Gasteiger partial charge in [-0.3, -0.25) is 0 Å². The molecule has 0 aliphatic rings. The Bertz CT molecular complexity index is 2900. The molecule has 9 aromatic rings. The van der Waals surface area contributed by atoms with Crippen LogP contribution in [0, 0.1) is 0 Å². The van der Waals surface area contributed by atoms with Gasteiger partial charge < -0.3 is 49.6 Å². The minimum atomic E-state index is -1.50. The zero-order valence-corrected chi connectivity index (χ0v) is 47.8. The Balaban J connectivity index is 1.19. The first-order chi connectivity index (χ1) is 37.7. The monoisotopic (exact) mass is 1050 g/mol. The van der Waals surface area contributed by atoms with Crippen molar-refractivity contribution in [2.24, 2.45) is 0 Å². The van der Waals surface area contributed by atoms with Gasteiger partial charge in [0.25, 0.3) is 0 Å². The lowest BCUT2D eigenvalue weighted by molar-refractivity contribution is 0.125. The van der Waals surface area contributed by atoms with Crippen LogP contribution in [0.25, 0.3) is 0 Å². The molecule has 0 heterocycles. The molecule has 10 nitrogen and oxygen atoms in total. The summed E-state index contributed by atoms with van der Waals surface area (Å²) < 4.78 is 0. The molecule has 404 valence electrons. The summed E-state index contributed by atoms with van der Waals surface area (Å²) in [5.74, 6) is 0. The van der Waals surface area contributed by atoms with Gasteiger partial charge in [0.1, 0.15) is 16.8 Å². The van der Waals surface area contributed by atoms with Crippen LogP contribution in [0.4, 0.5) is 51.2 Å². The fraction of sp³-hybridized carbons (Fsp3) is 0.217. The predicted molar refractivity (Wildman–Crippen MR) is 332 cm³/mol. The summed E-state index contributed by atoms with van der Waals surface area (Å²) in [5, 5.41) is 39.6. The highest BCUT2D eigenvalue weighted by Crippen LogP contribution is 2.45. The van der Waals surface area contributed by atoms with E-state index >= 15 is 0 Å². The Morgan fingerprint density at radius 1 is 0.177 bits per heavy atom. The summed E-state index contributed by atoms with van der Waals surface area (Å²) in [4.78, 5) is 14.5. The van der Waals surface area contributed by atoms with E-state index in [1.807, 2.05) is 332 Å². The van der Waals surface area contributed by atoms with Crippen molar-refractivity contribution in [3.63, 3.8) is 0 Å². The molecule has 0 aliphatic carbocycles. The summed E-state index contributed by atoms with van der Waals surface area (Å²) in [6.07, 6.45) is 0. The van der Waals surface area contributed by atoms with E-state index in [-0.39, 0.29) is 0 Å². The largest absolute Gasteiger partial charge is 0.378 e. The quantitative estimate of drug-likeness (QED) is 0.0723. The van der Waals surface area contributed by atoms with Crippen molar-refractivity contribution in [3.8, 4) is 0 Å². The molecule has 79 heavy (non-hydrogen) atoms. The zero-order chi connectivity index (χ0) is 56.4. The average Bonchev–Trinajstić information content (AvgIpc) is 3.59. The van der Waals surface area contributed by atoms with Crippen molar-refractivity contribution in [1.29, 1.82) is 0 Å². The standard InChI is InChI=1S/C69H75N7O3/c1-70(2)58-31-13-49(14-32-58)67(77,50-15-33-59(34-16-50)71(3)4)55-25-43-64(44-26-55)76(65-45-27-56(28-46-65)68(78,51-17-35-60(36-18-51)72(5)6)52-19-37-61(38-20-52)73(7)8)66-47-29-57(30-48-66)69(79,53-21-39-62(40-22-53)74(9)10)54-23-41-63(42-24-54)75(11)12/h13-48,77-79H,1-12H3. The Morgan fingerprint density at radius 3 is 0.380 bits per heavy atom. The third-order valence-corrected chi connectivity index (χ3v) is 15.4. The number of hydrogen-bond acceptors (Lipinski definition) is 10. The summed E-state index contributed by atoms with van der Waals surface area (Å²) in [6, 6.07) is 72.8. The maximum Gasteiger partial charge on any atom is 0.140 e. The third kappa shape index (κ3) is 10.8. The summed E-state index contributed by atoms with van der Waals surface area (Å²) in [5.41, 5.74) is 10.8. The molecule has 0 spiro atoms. The molecule has 0 saturated carbocycles. The molecular weight excluding hydrogens is 975 g/mol. The maximum atomic E-state index is 13.2. The van der Waals surface area contributed by atoms with Crippen LogP contribution in [0.5, 0.6) is 0 Å². The van der Waals surface area contributed by atoms with Crippen molar-refractivity contribution in [3.05, 3.63) is 268 Å². The van der Waals surface area contributed by atoms with Gasteiger partial charge in [0.05, 0.1) is 0 Å². The van der Waals surface area contributed by atoms with Crippen LogP contribution in [-0.2, 0) is 16.8 Å². The molecule has 9 rings (SSSR count). The molecule has 3 N–H and O–H groups in total. The highest BCUT2D eigenvalue weighted by Gasteiger charge is 2.37. The second-order valence-electron chi connectivity index (χ2n) is 21.8. The van der Waals surface area contributed by atoms with Gasteiger partial charge in [0.2, 0.25) is 0 Å². The highest BCUT2D eigenvalue weighted by molar-refractivity contribution is 5.78. The lowest BCUT2D eigenvalue weighted by Crippen LogP contribution is -2.29. The van der Waals surface area contributed by atoms with E-state index in [2.05, 4.69) is 4.90 Å². The summed E-state index contributed by atoms with van der Waals surface area (Å²) >= 11 is 0. The fourth-order valence-electron chi connectivity index (χ4n) is 10.5. The molecule has 0 fully saturated rings. The Hall–Kier alpha value is -8.54. The molecule has 9 aromatic carbocycles. The molecule has 0 radical (unpaired) electrons. The second kappa shape index (κ2) is 22.4. The number of benzene rings is 9. The van der Waals surface area contributed by atoms with Crippen LogP contribution in [-0.4, -0.2) is 99.9 Å². The molecule has 0 saturated heterocycles. The smallest absolute Gasteiger partial charge is 0.140 e. The van der Waals surface area contributed by atoms with Crippen molar-refractivity contribution in [2.45, 2.75) is 16.8 Å². The van der Waals surface area contributed by atoms with Gasteiger partial charge in [0.15, 0.2) is 0 Å². The molecule has 0 bridgehead atoms. The summed E-state index contributed by atoms with van der Waals surface area (Å²) in [7, 11) is 24.1. The first-order valence-corrected chi connectivity index (χ1v) is 26.7. The third-order valence-electron chi connectivity index (χ3n) is 15.4. The van der Waals surface area contributed by atoms with E-state index in [9.17, 15) is 15.3 Å². The minimum Gasteiger partial charge on any atom is -0.378 e.